The highest BCUT2D eigenvalue weighted by Gasteiger charge is 2.47. The Labute approximate surface area is 688 Å². The monoisotopic (exact) mass is 1500 g/mol. The number of para-hydroxylation sites is 2. The van der Waals surface area contributed by atoms with Crippen LogP contribution in [0.3, 0.4) is 0 Å². The summed E-state index contributed by atoms with van der Waals surface area (Å²) in [5.74, 6) is 0. The zero-order valence-electron chi connectivity index (χ0n) is 70.5. The third kappa shape index (κ3) is 13.7. The van der Waals surface area contributed by atoms with Gasteiger partial charge in [0.1, 0.15) is 0 Å². The van der Waals surface area contributed by atoms with Crippen LogP contribution in [0.1, 0.15) is 164 Å². The Morgan fingerprint density at radius 1 is 0.293 bits per heavy atom. The summed E-state index contributed by atoms with van der Waals surface area (Å²) in [6, 6.07) is 113. The average Bonchev–Trinajstić information content (AvgIpc) is 0.693. The summed E-state index contributed by atoms with van der Waals surface area (Å²) < 4.78 is 2.49. The van der Waals surface area contributed by atoms with Gasteiger partial charge in [0.2, 0.25) is 0 Å². The standard InChI is InChI=1S/C110H102BN5/c1-105(2,3)80-45-34-70(35-46-80)77-44-57-98-95(64-77)111-94-56-55-87(114-96-32-22-20-30-88(96)89-31-21-23-33-97(89)114)67-99(94)116(104-92(73-40-51-83(52-41-73)108(10,11)12)62-79(76-28-25-29-86(59-76)113-19)63-93(104)74-42-53-84(54-43-74)109(13,14)15)101-66-85(110(16,17)18)65-100(102(101)111)115(98)103-90(71-36-47-81(48-37-71)106(4,5)6)60-78(75-27-24-26-69(58-75)68-112)61-91(103)72-38-49-82(50-39-72)107(7,8)9/h20-67H,1-18H3. The van der Waals surface area contributed by atoms with E-state index >= 15 is 0 Å². The summed E-state index contributed by atoms with van der Waals surface area (Å²) in [5.41, 5.74) is 35.8. The van der Waals surface area contributed by atoms with Gasteiger partial charge in [-0.2, -0.15) is 5.26 Å². The number of nitrogens with zero attached hydrogens (tertiary/aromatic N) is 5. The number of anilines is 6. The van der Waals surface area contributed by atoms with Crippen LogP contribution in [0.2, 0.25) is 0 Å². The maximum atomic E-state index is 10.7. The number of benzene rings is 14. The topological polar surface area (TPSA) is 39.6 Å². The van der Waals surface area contributed by atoms with Crippen LogP contribution in [0, 0.1) is 17.9 Å². The molecule has 0 unspecified atom stereocenters. The molecule has 6 heteroatoms. The number of aromatic nitrogens is 1. The SMILES string of the molecule is [C-]#[N+]c1cccc(-c2cc(-c3ccc(C(C)(C)C)cc3)c(N3c4cc(-n5c6ccccc6c6ccccc65)ccc4B4c5cc(-c6ccc(C(C)(C)C)cc6)ccc5N(c5c(-c6ccc(C(C)(C)C)cc6)cc(-c6cccc(C#N)c6)cc5-c5ccc(C(C)(C)C)cc5)c5cc(C(C)(C)C)cc3c54)c(-c3ccc(C(C)(C)C)cc3)c2)c1. The van der Waals surface area contributed by atoms with Crippen LogP contribution in [0.15, 0.2) is 291 Å². The van der Waals surface area contributed by atoms with E-state index in [1.165, 1.54) is 60.5 Å². The van der Waals surface area contributed by atoms with Crippen molar-refractivity contribution in [2.24, 2.45) is 0 Å². The zero-order valence-corrected chi connectivity index (χ0v) is 70.5. The summed E-state index contributed by atoms with van der Waals surface area (Å²) in [4.78, 5) is 9.44. The molecular weight excluding hydrogens is 1400 g/mol. The quantitative estimate of drug-likeness (QED) is 0.101. The van der Waals surface area contributed by atoms with Gasteiger partial charge in [0.05, 0.1) is 40.6 Å². The number of fused-ring (bicyclic) bond motifs is 7. The molecule has 0 bridgehead atoms. The molecule has 0 aliphatic carbocycles. The van der Waals surface area contributed by atoms with Crippen molar-refractivity contribution < 1.29 is 0 Å². The van der Waals surface area contributed by atoms with Gasteiger partial charge in [0.25, 0.3) is 6.71 Å². The van der Waals surface area contributed by atoms with E-state index in [9.17, 15) is 5.26 Å². The van der Waals surface area contributed by atoms with Crippen molar-refractivity contribution >= 4 is 84.7 Å². The van der Waals surface area contributed by atoms with Crippen LogP contribution < -0.4 is 26.2 Å². The molecule has 0 atom stereocenters. The van der Waals surface area contributed by atoms with Crippen molar-refractivity contribution in [3.05, 3.63) is 342 Å². The maximum Gasteiger partial charge on any atom is 0.252 e. The van der Waals surface area contributed by atoms with E-state index in [4.69, 9.17) is 6.57 Å². The summed E-state index contributed by atoms with van der Waals surface area (Å²) in [5, 5.41) is 13.1. The molecule has 0 N–H and O–H groups in total. The van der Waals surface area contributed by atoms with Gasteiger partial charge < -0.3 is 14.4 Å². The molecule has 0 saturated carbocycles. The Morgan fingerprint density at radius 2 is 0.664 bits per heavy atom. The normalized spacial score (nSPS) is 13.0. The molecule has 5 nitrogen and oxygen atoms in total. The molecule has 0 saturated heterocycles. The van der Waals surface area contributed by atoms with Gasteiger partial charge in [-0.3, -0.25) is 0 Å². The van der Waals surface area contributed by atoms with E-state index in [-0.39, 0.29) is 33.8 Å². The van der Waals surface area contributed by atoms with Crippen molar-refractivity contribution in [3.63, 3.8) is 0 Å². The molecule has 3 heterocycles. The third-order valence-corrected chi connectivity index (χ3v) is 24.4. The van der Waals surface area contributed by atoms with Crippen LogP contribution >= 0.6 is 0 Å². The lowest BCUT2D eigenvalue weighted by Gasteiger charge is -2.46. The fourth-order valence-corrected chi connectivity index (χ4v) is 17.7. The highest BCUT2D eigenvalue weighted by atomic mass is 15.2. The fraction of sp³-hybridized carbons (Fsp3) is 0.218. The summed E-state index contributed by atoms with van der Waals surface area (Å²) in [6.07, 6.45) is 0. The highest BCUT2D eigenvalue weighted by Crippen LogP contribution is 2.56. The van der Waals surface area contributed by atoms with Crippen molar-refractivity contribution in [2.75, 3.05) is 9.80 Å². The fourth-order valence-electron chi connectivity index (χ4n) is 17.7. The Balaban J connectivity index is 1.08. The van der Waals surface area contributed by atoms with Crippen LogP contribution in [-0.2, 0) is 32.5 Å². The van der Waals surface area contributed by atoms with Crippen molar-refractivity contribution in [2.45, 2.75) is 157 Å². The molecule has 14 aromatic carbocycles. The van der Waals surface area contributed by atoms with Gasteiger partial charge in [0.15, 0.2) is 5.69 Å². The number of rotatable bonds is 10. The van der Waals surface area contributed by atoms with Crippen LogP contribution in [0.5, 0.6) is 0 Å². The summed E-state index contributed by atoms with van der Waals surface area (Å²) >= 11 is 0. The first-order valence-corrected chi connectivity index (χ1v) is 41.1. The average molecular weight is 1500 g/mol. The molecule has 570 valence electrons. The van der Waals surface area contributed by atoms with Gasteiger partial charge in [0, 0.05) is 61.5 Å². The van der Waals surface area contributed by atoms with Crippen LogP contribution in [0.25, 0.3) is 110 Å². The largest absolute Gasteiger partial charge is 0.310 e. The van der Waals surface area contributed by atoms with Gasteiger partial charge in [-0.05, 0) is 223 Å². The predicted octanol–water partition coefficient (Wildman–Crippen LogP) is 28.7. The molecule has 0 fully saturated rings. The zero-order chi connectivity index (χ0) is 81.4. The molecule has 116 heavy (non-hydrogen) atoms. The first kappa shape index (κ1) is 76.2. The molecule has 0 spiro atoms. The number of nitriles is 1. The minimum atomic E-state index is -0.408. The Kier molecular flexibility index (Phi) is 18.5. The lowest BCUT2D eigenvalue weighted by atomic mass is 9.33. The molecule has 17 rings (SSSR count). The van der Waals surface area contributed by atoms with Gasteiger partial charge >= 0.3 is 0 Å². The predicted molar refractivity (Wildman–Crippen MR) is 496 cm³/mol. The lowest BCUT2D eigenvalue weighted by molar-refractivity contribution is 0.590. The van der Waals surface area contributed by atoms with E-state index < -0.39 is 5.41 Å². The van der Waals surface area contributed by atoms with Crippen molar-refractivity contribution in [1.82, 2.24) is 4.57 Å². The van der Waals surface area contributed by atoms with E-state index in [0.29, 0.717) is 11.3 Å². The number of hydrogen-bond donors (Lipinski definition) is 0. The molecule has 0 amide bonds. The molecule has 2 aliphatic heterocycles. The second-order valence-electron chi connectivity index (χ2n) is 38.5. The van der Waals surface area contributed by atoms with Crippen LogP contribution in [0.4, 0.5) is 39.8 Å². The lowest BCUT2D eigenvalue weighted by Crippen LogP contribution is -2.61. The third-order valence-electron chi connectivity index (χ3n) is 24.4. The van der Waals surface area contributed by atoms with Gasteiger partial charge in [-0.25, -0.2) is 4.85 Å². The highest BCUT2D eigenvalue weighted by molar-refractivity contribution is 7.00. The molecular formula is C110H102BN5. The van der Waals surface area contributed by atoms with E-state index in [1.54, 1.807) is 0 Å². The second kappa shape index (κ2) is 28.2. The molecule has 0 radical (unpaired) electrons. The van der Waals surface area contributed by atoms with Gasteiger partial charge in [-0.15, -0.1) is 0 Å². The van der Waals surface area contributed by atoms with Crippen molar-refractivity contribution in [1.29, 1.82) is 5.26 Å². The smallest absolute Gasteiger partial charge is 0.252 e. The van der Waals surface area contributed by atoms with Gasteiger partial charge in [-0.1, -0.05) is 331 Å². The Morgan fingerprint density at radius 3 is 1.07 bits per heavy atom. The second-order valence-corrected chi connectivity index (χ2v) is 38.5. The van der Waals surface area contributed by atoms with E-state index in [0.717, 1.165) is 129 Å². The molecule has 1 aromatic heterocycles. The van der Waals surface area contributed by atoms with Crippen molar-refractivity contribution in [3.8, 4) is 89.6 Å². The Bertz CT molecular complexity index is 6280. The minimum Gasteiger partial charge on any atom is -0.310 e. The number of hydrogen-bond acceptors (Lipinski definition) is 3. The summed E-state index contributed by atoms with van der Waals surface area (Å²) in [6.45, 7) is 49.7. The minimum absolute atomic E-state index is 0.0460. The molecule has 15 aromatic rings. The molecule has 2 aliphatic rings. The summed E-state index contributed by atoms with van der Waals surface area (Å²) in [7, 11) is 0. The maximum absolute atomic E-state index is 10.7. The first-order chi connectivity index (χ1) is 55.2. The van der Waals surface area contributed by atoms with Crippen LogP contribution in [-0.4, -0.2) is 11.3 Å². The first-order valence-electron chi connectivity index (χ1n) is 41.1. The van der Waals surface area contributed by atoms with E-state index in [2.05, 4.69) is 411 Å². The van der Waals surface area contributed by atoms with E-state index in [1.807, 2.05) is 30.3 Å². The Hall–Kier alpha value is -12.5.